The normalized spacial score (nSPS) is 19.7. The van der Waals surface area contributed by atoms with Crippen LogP contribution in [0.1, 0.15) is 36.5 Å². The molecule has 4 heterocycles. The van der Waals surface area contributed by atoms with Gasteiger partial charge in [-0.05, 0) is 42.7 Å². The van der Waals surface area contributed by atoms with Crippen LogP contribution in [0.25, 0.3) is 10.7 Å². The van der Waals surface area contributed by atoms with Gasteiger partial charge in [-0.15, -0.1) is 21.5 Å². The van der Waals surface area contributed by atoms with Gasteiger partial charge in [0, 0.05) is 19.7 Å². The highest BCUT2D eigenvalue weighted by Gasteiger charge is 2.31. The van der Waals surface area contributed by atoms with Gasteiger partial charge in [0.15, 0.2) is 11.0 Å². The molecule has 2 atom stereocenters. The Balaban J connectivity index is 1.48. The van der Waals surface area contributed by atoms with Crippen LogP contribution in [0, 0.1) is 0 Å². The maximum absolute atomic E-state index is 13.5. The number of benzene rings is 1. The summed E-state index contributed by atoms with van der Waals surface area (Å²) in [4.78, 5) is 16.5. The van der Waals surface area contributed by atoms with Crippen molar-refractivity contribution in [1.82, 2.24) is 19.7 Å². The molecule has 31 heavy (non-hydrogen) atoms. The van der Waals surface area contributed by atoms with Gasteiger partial charge in [-0.1, -0.05) is 48.2 Å². The predicted molar refractivity (Wildman–Crippen MR) is 123 cm³/mol. The van der Waals surface area contributed by atoms with Gasteiger partial charge in [0.1, 0.15) is 5.25 Å². The lowest BCUT2D eigenvalue weighted by molar-refractivity contribution is -0.129. The van der Waals surface area contributed by atoms with Gasteiger partial charge in [-0.3, -0.25) is 9.36 Å². The highest BCUT2D eigenvalue weighted by molar-refractivity contribution is 8.00. The molecule has 8 heteroatoms. The molecule has 0 bridgehead atoms. The Kier molecular flexibility index (Phi) is 6.38. The second kappa shape index (κ2) is 9.54. The Bertz CT molecular complexity index is 994. The van der Waals surface area contributed by atoms with Gasteiger partial charge in [0.25, 0.3) is 0 Å². The molecule has 162 valence electrons. The first-order valence-electron chi connectivity index (χ1n) is 10.9. The quantitative estimate of drug-likeness (QED) is 0.487. The maximum atomic E-state index is 13.5. The lowest BCUT2D eigenvalue weighted by Gasteiger charge is -2.23. The molecule has 1 amide bonds. The van der Waals surface area contributed by atoms with Crippen LogP contribution in [0.5, 0.6) is 0 Å². The second-order valence-corrected chi connectivity index (χ2v) is 9.99. The highest BCUT2D eigenvalue weighted by atomic mass is 32.2. The van der Waals surface area contributed by atoms with Crippen molar-refractivity contribution in [3.05, 3.63) is 53.4 Å². The van der Waals surface area contributed by atoms with Crippen molar-refractivity contribution < 1.29 is 9.53 Å². The lowest BCUT2D eigenvalue weighted by atomic mass is 10.1. The molecule has 2 aliphatic rings. The fraction of sp³-hybridized carbons (Fsp3) is 0.435. The van der Waals surface area contributed by atoms with Gasteiger partial charge in [-0.25, -0.2) is 0 Å². The number of nitrogens with zero attached hydrogens (tertiary/aromatic N) is 4. The summed E-state index contributed by atoms with van der Waals surface area (Å²) in [5.74, 6) is 1.02. The Morgan fingerprint density at radius 1 is 1.13 bits per heavy atom. The van der Waals surface area contributed by atoms with Gasteiger partial charge >= 0.3 is 0 Å². The third kappa shape index (κ3) is 4.56. The number of aromatic nitrogens is 3. The average Bonchev–Trinajstić information content (AvgIpc) is 3.61. The monoisotopic (exact) mass is 454 g/mol. The Hall–Kier alpha value is -2.16. The number of likely N-dealkylation sites (tertiary alicyclic amines) is 1. The Morgan fingerprint density at radius 2 is 1.97 bits per heavy atom. The number of ether oxygens (including phenoxy) is 1. The van der Waals surface area contributed by atoms with Gasteiger partial charge < -0.3 is 9.64 Å². The molecular formula is C23H26N4O2S2. The number of hydrogen-bond acceptors (Lipinski definition) is 6. The largest absolute Gasteiger partial charge is 0.376 e. The molecule has 2 saturated heterocycles. The maximum Gasteiger partial charge on any atom is 0.240 e. The van der Waals surface area contributed by atoms with Crippen LogP contribution in [0.2, 0.25) is 0 Å². The van der Waals surface area contributed by atoms with E-state index in [0.717, 1.165) is 66.8 Å². The summed E-state index contributed by atoms with van der Waals surface area (Å²) in [6.45, 7) is 3.20. The molecule has 2 unspecified atom stereocenters. The number of thioether (sulfide) groups is 1. The van der Waals surface area contributed by atoms with Gasteiger partial charge in [0.05, 0.1) is 17.5 Å². The Labute approximate surface area is 190 Å². The number of hydrogen-bond donors (Lipinski definition) is 0. The van der Waals surface area contributed by atoms with E-state index in [2.05, 4.69) is 26.2 Å². The number of rotatable bonds is 7. The average molecular weight is 455 g/mol. The molecule has 2 aliphatic heterocycles. The van der Waals surface area contributed by atoms with Crippen LogP contribution in [-0.2, 0) is 16.1 Å². The van der Waals surface area contributed by atoms with E-state index in [4.69, 9.17) is 4.74 Å². The zero-order valence-corrected chi connectivity index (χ0v) is 19.0. The summed E-state index contributed by atoms with van der Waals surface area (Å²) < 4.78 is 8.07. The standard InChI is InChI=1S/C23H26N4O2S2/c28-22(26-12-4-5-13-26)20(17-8-2-1-3-9-17)31-23-25-24-21(19-11-7-15-30-19)27(23)16-18-10-6-14-29-18/h1-3,7-9,11,15,18,20H,4-6,10,12-14,16H2. The van der Waals surface area contributed by atoms with Crippen molar-refractivity contribution in [3.63, 3.8) is 0 Å². The van der Waals surface area contributed by atoms with Crippen molar-refractivity contribution in [2.45, 2.75) is 48.7 Å². The van der Waals surface area contributed by atoms with E-state index in [0.29, 0.717) is 6.54 Å². The number of amides is 1. The van der Waals surface area contributed by atoms with E-state index in [1.165, 1.54) is 11.8 Å². The molecule has 0 N–H and O–H groups in total. The zero-order chi connectivity index (χ0) is 21.0. The molecule has 0 saturated carbocycles. The van der Waals surface area contributed by atoms with E-state index in [1.807, 2.05) is 41.3 Å². The molecule has 0 radical (unpaired) electrons. The zero-order valence-electron chi connectivity index (χ0n) is 17.4. The smallest absolute Gasteiger partial charge is 0.240 e. The van der Waals surface area contributed by atoms with Crippen LogP contribution < -0.4 is 0 Å². The number of carbonyl (C=O) groups is 1. The molecule has 0 spiro atoms. The molecular weight excluding hydrogens is 428 g/mol. The molecule has 2 aromatic heterocycles. The number of thiophene rings is 1. The van der Waals surface area contributed by atoms with E-state index in [1.54, 1.807) is 11.3 Å². The first-order chi connectivity index (χ1) is 15.3. The van der Waals surface area contributed by atoms with Crippen molar-refractivity contribution in [1.29, 1.82) is 0 Å². The number of carbonyl (C=O) groups excluding carboxylic acids is 1. The van der Waals surface area contributed by atoms with E-state index in [-0.39, 0.29) is 17.3 Å². The topological polar surface area (TPSA) is 60.3 Å². The molecule has 5 rings (SSSR count). The third-order valence-electron chi connectivity index (χ3n) is 5.84. The summed E-state index contributed by atoms with van der Waals surface area (Å²) in [6, 6.07) is 14.1. The fourth-order valence-corrected chi connectivity index (χ4v) is 6.07. The first-order valence-corrected chi connectivity index (χ1v) is 12.6. The third-order valence-corrected chi connectivity index (χ3v) is 7.92. The van der Waals surface area contributed by atoms with Gasteiger partial charge in [0.2, 0.25) is 5.91 Å². The second-order valence-electron chi connectivity index (χ2n) is 7.97. The first kappa shape index (κ1) is 20.7. The van der Waals surface area contributed by atoms with E-state index < -0.39 is 0 Å². The van der Waals surface area contributed by atoms with Crippen molar-refractivity contribution in [2.75, 3.05) is 19.7 Å². The van der Waals surface area contributed by atoms with E-state index in [9.17, 15) is 4.79 Å². The minimum Gasteiger partial charge on any atom is -0.376 e. The van der Waals surface area contributed by atoms with E-state index >= 15 is 0 Å². The fourth-order valence-electron chi connectivity index (χ4n) is 4.22. The van der Waals surface area contributed by atoms with Crippen LogP contribution >= 0.6 is 23.1 Å². The summed E-state index contributed by atoms with van der Waals surface area (Å²) in [7, 11) is 0. The van der Waals surface area contributed by atoms with Crippen molar-refractivity contribution in [3.8, 4) is 10.7 Å². The minimum atomic E-state index is -0.331. The molecule has 1 aromatic carbocycles. The summed E-state index contributed by atoms with van der Waals surface area (Å²) in [5, 5.41) is 11.6. The molecule has 3 aromatic rings. The molecule has 2 fully saturated rings. The van der Waals surface area contributed by atoms with Crippen LogP contribution in [0.3, 0.4) is 0 Å². The SMILES string of the molecule is O=C(C(Sc1nnc(-c2cccs2)n1CC1CCCO1)c1ccccc1)N1CCCC1. The highest BCUT2D eigenvalue weighted by Crippen LogP contribution is 2.39. The minimum absolute atomic E-state index is 0.165. The van der Waals surface area contributed by atoms with Crippen LogP contribution in [0.15, 0.2) is 53.0 Å². The van der Waals surface area contributed by atoms with Crippen LogP contribution in [-0.4, -0.2) is 51.4 Å². The predicted octanol–water partition coefficient (Wildman–Crippen LogP) is 4.64. The van der Waals surface area contributed by atoms with Crippen molar-refractivity contribution >= 4 is 29.0 Å². The van der Waals surface area contributed by atoms with Crippen molar-refractivity contribution in [2.24, 2.45) is 0 Å². The van der Waals surface area contributed by atoms with Crippen LogP contribution in [0.4, 0.5) is 0 Å². The summed E-state index contributed by atoms with van der Waals surface area (Å²) in [5.41, 5.74) is 1.01. The molecule has 6 nitrogen and oxygen atoms in total. The Morgan fingerprint density at radius 3 is 2.68 bits per heavy atom. The molecule has 0 aliphatic carbocycles. The summed E-state index contributed by atoms with van der Waals surface area (Å²) >= 11 is 3.17. The van der Waals surface area contributed by atoms with Gasteiger partial charge in [-0.2, -0.15) is 0 Å². The summed E-state index contributed by atoms with van der Waals surface area (Å²) in [6.07, 6.45) is 4.45. The lowest BCUT2D eigenvalue weighted by Crippen LogP contribution is -2.31.